The second kappa shape index (κ2) is 6.73. The van der Waals surface area contributed by atoms with Gasteiger partial charge in [-0.25, -0.2) is 0 Å². The van der Waals surface area contributed by atoms with Crippen molar-refractivity contribution in [2.45, 2.75) is 31.8 Å². The van der Waals surface area contributed by atoms with E-state index in [0.29, 0.717) is 18.9 Å². The van der Waals surface area contributed by atoms with E-state index in [1.807, 2.05) is 18.2 Å². The molecule has 1 aromatic heterocycles. The number of ether oxygens (including phenoxy) is 1. The van der Waals surface area contributed by atoms with Crippen LogP contribution in [0.3, 0.4) is 0 Å². The highest BCUT2D eigenvalue weighted by molar-refractivity contribution is 5.79. The predicted molar refractivity (Wildman–Crippen MR) is 88.1 cm³/mol. The van der Waals surface area contributed by atoms with Crippen LogP contribution < -0.4 is 5.32 Å². The molecule has 0 spiro atoms. The zero-order chi connectivity index (χ0) is 16.4. The summed E-state index contributed by atoms with van der Waals surface area (Å²) in [6, 6.07) is 10.3. The number of nitrogens with zero attached hydrogens (tertiary/aromatic N) is 2. The van der Waals surface area contributed by atoms with Crippen molar-refractivity contribution in [3.63, 3.8) is 0 Å². The van der Waals surface area contributed by atoms with Crippen molar-refractivity contribution >= 4 is 5.91 Å². The van der Waals surface area contributed by atoms with Gasteiger partial charge in [0.2, 0.25) is 5.91 Å². The fourth-order valence-electron chi connectivity index (χ4n) is 3.74. The Bertz CT molecular complexity index is 700. The molecule has 24 heavy (non-hydrogen) atoms. The lowest BCUT2D eigenvalue weighted by Crippen LogP contribution is -2.37. The third-order valence-corrected chi connectivity index (χ3v) is 5.12. The number of carbonyl (C=O) groups excluding carboxylic acids is 1. The van der Waals surface area contributed by atoms with Crippen LogP contribution in [-0.2, 0) is 22.4 Å². The lowest BCUT2D eigenvalue weighted by atomic mass is 9.88. The summed E-state index contributed by atoms with van der Waals surface area (Å²) in [5.74, 6) is 0.463. The van der Waals surface area contributed by atoms with Crippen LogP contribution in [0, 0.1) is 11.8 Å². The van der Waals surface area contributed by atoms with E-state index in [-0.39, 0.29) is 17.9 Å². The molecule has 0 bridgehead atoms. The maximum atomic E-state index is 12.5. The van der Waals surface area contributed by atoms with E-state index in [1.165, 1.54) is 5.56 Å². The van der Waals surface area contributed by atoms with Crippen LogP contribution >= 0.6 is 0 Å². The Hall–Kier alpha value is -2.21. The van der Waals surface area contributed by atoms with Gasteiger partial charge in [0.1, 0.15) is 0 Å². The number of benzene rings is 1. The lowest BCUT2D eigenvalue weighted by Gasteiger charge is -2.23. The summed E-state index contributed by atoms with van der Waals surface area (Å²) in [4.78, 5) is 12.5. The number of aromatic amines is 1. The van der Waals surface area contributed by atoms with Gasteiger partial charge in [0.05, 0.1) is 17.5 Å². The van der Waals surface area contributed by atoms with Crippen molar-refractivity contribution in [1.82, 2.24) is 20.7 Å². The topological polar surface area (TPSA) is 79.9 Å². The molecule has 1 aliphatic heterocycles. The van der Waals surface area contributed by atoms with Crippen LogP contribution in [0.5, 0.6) is 0 Å². The number of aromatic nitrogens is 3. The number of rotatable bonds is 4. The Labute approximate surface area is 141 Å². The Kier molecular flexibility index (Phi) is 4.30. The molecule has 1 aromatic carbocycles. The van der Waals surface area contributed by atoms with E-state index in [1.54, 1.807) is 0 Å². The molecule has 2 aromatic rings. The van der Waals surface area contributed by atoms with E-state index in [0.717, 1.165) is 37.3 Å². The molecule has 6 nitrogen and oxygen atoms in total. The SMILES string of the molecule is O=C(NC[C@@H]1CCO[C@H]1c1ccccc1)C1CCc2n[nH]nc2C1. The van der Waals surface area contributed by atoms with Crippen molar-refractivity contribution in [3.05, 3.63) is 47.3 Å². The van der Waals surface area contributed by atoms with Crippen molar-refractivity contribution in [1.29, 1.82) is 0 Å². The summed E-state index contributed by atoms with van der Waals surface area (Å²) >= 11 is 0. The fourth-order valence-corrected chi connectivity index (χ4v) is 3.74. The van der Waals surface area contributed by atoms with E-state index < -0.39 is 0 Å². The first-order chi connectivity index (χ1) is 11.8. The van der Waals surface area contributed by atoms with Crippen LogP contribution in [0.1, 0.15) is 35.9 Å². The minimum atomic E-state index is 0.0000895. The third-order valence-electron chi connectivity index (χ3n) is 5.12. The summed E-state index contributed by atoms with van der Waals surface area (Å²) < 4.78 is 5.89. The smallest absolute Gasteiger partial charge is 0.223 e. The zero-order valence-electron chi connectivity index (χ0n) is 13.6. The number of fused-ring (bicyclic) bond motifs is 1. The summed E-state index contributed by atoms with van der Waals surface area (Å²) in [5.41, 5.74) is 3.14. The van der Waals surface area contributed by atoms with Crippen LogP contribution in [0.2, 0.25) is 0 Å². The molecule has 3 atom stereocenters. The Morgan fingerprint density at radius 2 is 2.04 bits per heavy atom. The van der Waals surface area contributed by atoms with Crippen LogP contribution in [0.25, 0.3) is 0 Å². The van der Waals surface area contributed by atoms with Gasteiger partial charge < -0.3 is 10.1 Å². The van der Waals surface area contributed by atoms with Crippen LogP contribution in [0.4, 0.5) is 0 Å². The summed E-state index contributed by atoms with van der Waals surface area (Å²) in [6.45, 7) is 1.42. The minimum Gasteiger partial charge on any atom is -0.373 e. The van der Waals surface area contributed by atoms with Crippen molar-refractivity contribution in [2.75, 3.05) is 13.2 Å². The second-order valence-corrected chi connectivity index (χ2v) is 6.65. The molecule has 1 amide bonds. The largest absolute Gasteiger partial charge is 0.373 e. The Morgan fingerprint density at radius 3 is 2.92 bits per heavy atom. The maximum absolute atomic E-state index is 12.5. The summed E-state index contributed by atoms with van der Waals surface area (Å²) in [6.07, 6.45) is 3.41. The first-order valence-electron chi connectivity index (χ1n) is 8.64. The normalized spacial score (nSPS) is 26.1. The van der Waals surface area contributed by atoms with Gasteiger partial charge in [-0.2, -0.15) is 15.4 Å². The molecule has 0 radical (unpaired) electrons. The second-order valence-electron chi connectivity index (χ2n) is 6.65. The number of hydrogen-bond acceptors (Lipinski definition) is 4. The van der Waals surface area contributed by atoms with Gasteiger partial charge in [-0.15, -0.1) is 0 Å². The molecular weight excluding hydrogens is 304 g/mol. The number of carbonyl (C=O) groups is 1. The quantitative estimate of drug-likeness (QED) is 0.898. The van der Waals surface area contributed by atoms with Gasteiger partial charge in [-0.3, -0.25) is 4.79 Å². The van der Waals surface area contributed by atoms with Crippen LogP contribution in [-0.4, -0.2) is 34.5 Å². The Morgan fingerprint density at radius 1 is 1.21 bits per heavy atom. The van der Waals surface area contributed by atoms with Crippen LogP contribution in [0.15, 0.2) is 30.3 Å². The van der Waals surface area contributed by atoms with E-state index >= 15 is 0 Å². The van der Waals surface area contributed by atoms with Gasteiger partial charge >= 0.3 is 0 Å². The Balaban J connectivity index is 1.34. The first kappa shape index (κ1) is 15.3. The highest BCUT2D eigenvalue weighted by Gasteiger charge is 2.32. The number of nitrogens with one attached hydrogen (secondary N) is 2. The number of hydrogen-bond donors (Lipinski definition) is 2. The molecule has 1 fully saturated rings. The molecule has 2 N–H and O–H groups in total. The van der Waals surface area contributed by atoms with Gasteiger partial charge in [0.25, 0.3) is 0 Å². The molecule has 1 unspecified atom stereocenters. The third kappa shape index (κ3) is 3.06. The highest BCUT2D eigenvalue weighted by Crippen LogP contribution is 2.34. The molecule has 6 heteroatoms. The lowest BCUT2D eigenvalue weighted by molar-refractivity contribution is -0.125. The zero-order valence-corrected chi connectivity index (χ0v) is 13.6. The van der Waals surface area contributed by atoms with Crippen molar-refractivity contribution in [2.24, 2.45) is 11.8 Å². The predicted octanol–water partition coefficient (Wildman–Crippen LogP) is 1.80. The van der Waals surface area contributed by atoms with E-state index in [9.17, 15) is 4.79 Å². The maximum Gasteiger partial charge on any atom is 0.223 e. The van der Waals surface area contributed by atoms with E-state index in [4.69, 9.17) is 4.74 Å². The highest BCUT2D eigenvalue weighted by atomic mass is 16.5. The van der Waals surface area contributed by atoms with Gasteiger partial charge in [-0.05, 0) is 24.8 Å². The number of amides is 1. The molecule has 126 valence electrons. The first-order valence-corrected chi connectivity index (χ1v) is 8.64. The average molecular weight is 326 g/mol. The van der Waals surface area contributed by atoms with Gasteiger partial charge in [-0.1, -0.05) is 30.3 Å². The molecule has 2 heterocycles. The van der Waals surface area contributed by atoms with Crippen molar-refractivity contribution in [3.8, 4) is 0 Å². The van der Waals surface area contributed by atoms with Crippen molar-refractivity contribution < 1.29 is 9.53 Å². The standard InChI is InChI=1S/C18H22N4O2/c23-18(13-6-7-15-16(10-13)21-22-20-15)19-11-14-8-9-24-17(14)12-4-2-1-3-5-12/h1-5,13-14,17H,6-11H2,(H,19,23)(H,20,21,22)/t13?,14-,17-/m0/s1. The summed E-state index contributed by atoms with van der Waals surface area (Å²) in [5, 5.41) is 14.1. The fraction of sp³-hybridized carbons (Fsp3) is 0.500. The molecule has 1 aliphatic carbocycles. The van der Waals surface area contributed by atoms with E-state index in [2.05, 4.69) is 32.9 Å². The van der Waals surface area contributed by atoms with Gasteiger partial charge in [0, 0.05) is 31.4 Å². The molecular formula is C18H22N4O2. The van der Waals surface area contributed by atoms with Gasteiger partial charge in [0.15, 0.2) is 0 Å². The summed E-state index contributed by atoms with van der Waals surface area (Å²) in [7, 11) is 0. The average Bonchev–Trinajstić information content (AvgIpc) is 3.28. The molecule has 1 saturated heterocycles. The molecule has 2 aliphatic rings. The number of H-pyrrole nitrogens is 1. The molecule has 4 rings (SSSR count). The number of aryl methyl sites for hydroxylation is 1. The monoisotopic (exact) mass is 326 g/mol. The minimum absolute atomic E-state index is 0.0000895. The molecule has 0 saturated carbocycles.